The van der Waals surface area contributed by atoms with Gasteiger partial charge in [0.25, 0.3) is 0 Å². The third-order valence-electron chi connectivity index (χ3n) is 4.26. The highest BCUT2D eigenvalue weighted by molar-refractivity contribution is 5.79. The summed E-state index contributed by atoms with van der Waals surface area (Å²) in [5.74, 6) is 1.08. The van der Waals surface area contributed by atoms with Gasteiger partial charge in [-0.05, 0) is 32.8 Å². The minimum atomic E-state index is -0.155. The number of rotatable bonds is 2. The second-order valence-electron chi connectivity index (χ2n) is 6.01. The van der Waals surface area contributed by atoms with Crippen molar-refractivity contribution in [3.05, 3.63) is 23.3 Å². The molecule has 1 aromatic heterocycles. The van der Waals surface area contributed by atoms with E-state index in [0.717, 1.165) is 30.1 Å². The average molecular weight is 305 g/mol. The van der Waals surface area contributed by atoms with Crippen LogP contribution in [0.4, 0.5) is 0 Å². The van der Waals surface area contributed by atoms with E-state index in [1.54, 1.807) is 0 Å². The molecule has 2 aliphatic heterocycles. The van der Waals surface area contributed by atoms with Crippen molar-refractivity contribution in [2.75, 3.05) is 32.9 Å². The highest BCUT2D eigenvalue weighted by Crippen LogP contribution is 2.24. The summed E-state index contributed by atoms with van der Waals surface area (Å²) in [6.45, 7) is 7.00. The molecule has 120 valence electrons. The number of hydrogen-bond acceptors (Lipinski definition) is 5. The number of aromatic nitrogens is 2. The van der Waals surface area contributed by atoms with Crippen LogP contribution in [0.15, 0.2) is 6.07 Å². The van der Waals surface area contributed by atoms with Crippen molar-refractivity contribution in [3.63, 3.8) is 0 Å². The van der Waals surface area contributed by atoms with Crippen LogP contribution in [0.25, 0.3) is 0 Å². The molecule has 0 N–H and O–H groups in total. The second-order valence-corrected chi connectivity index (χ2v) is 6.01. The molecule has 2 saturated heterocycles. The van der Waals surface area contributed by atoms with Gasteiger partial charge in [-0.15, -0.1) is 0 Å². The van der Waals surface area contributed by atoms with Crippen LogP contribution in [-0.2, 0) is 14.3 Å². The van der Waals surface area contributed by atoms with Gasteiger partial charge in [-0.3, -0.25) is 4.79 Å². The van der Waals surface area contributed by atoms with Gasteiger partial charge in [0.1, 0.15) is 11.9 Å². The number of amides is 1. The first-order valence-electron chi connectivity index (χ1n) is 7.94. The molecule has 1 unspecified atom stereocenters. The van der Waals surface area contributed by atoms with Crippen molar-refractivity contribution in [2.45, 2.75) is 32.8 Å². The smallest absolute Gasteiger partial charge is 0.226 e. The van der Waals surface area contributed by atoms with Crippen LogP contribution in [0.5, 0.6) is 0 Å². The molecule has 0 saturated carbocycles. The van der Waals surface area contributed by atoms with E-state index >= 15 is 0 Å². The quantitative estimate of drug-likeness (QED) is 0.827. The molecule has 2 aliphatic rings. The number of morpholine rings is 1. The van der Waals surface area contributed by atoms with Crippen LogP contribution < -0.4 is 0 Å². The molecule has 6 nitrogen and oxygen atoms in total. The van der Waals surface area contributed by atoms with E-state index in [4.69, 9.17) is 9.47 Å². The van der Waals surface area contributed by atoms with Crippen molar-refractivity contribution in [1.82, 2.24) is 14.9 Å². The molecule has 0 bridgehead atoms. The predicted molar refractivity (Wildman–Crippen MR) is 80.3 cm³/mol. The van der Waals surface area contributed by atoms with Gasteiger partial charge in [0, 0.05) is 31.4 Å². The summed E-state index contributed by atoms with van der Waals surface area (Å²) >= 11 is 0. The highest BCUT2D eigenvalue weighted by Gasteiger charge is 2.31. The maximum absolute atomic E-state index is 12.6. The molecule has 2 fully saturated rings. The van der Waals surface area contributed by atoms with Crippen molar-refractivity contribution >= 4 is 5.91 Å². The average Bonchev–Trinajstić information content (AvgIpc) is 2.54. The summed E-state index contributed by atoms with van der Waals surface area (Å²) in [4.78, 5) is 23.3. The van der Waals surface area contributed by atoms with Crippen LogP contribution in [0.2, 0.25) is 0 Å². The van der Waals surface area contributed by atoms with Gasteiger partial charge in [0.15, 0.2) is 0 Å². The fourth-order valence-corrected chi connectivity index (χ4v) is 3.14. The number of ether oxygens (including phenoxy) is 2. The van der Waals surface area contributed by atoms with E-state index in [1.807, 2.05) is 24.8 Å². The summed E-state index contributed by atoms with van der Waals surface area (Å²) in [7, 11) is 0. The fourth-order valence-electron chi connectivity index (χ4n) is 3.14. The van der Waals surface area contributed by atoms with Crippen molar-refractivity contribution in [1.29, 1.82) is 0 Å². The van der Waals surface area contributed by atoms with Gasteiger partial charge in [-0.25, -0.2) is 9.97 Å². The zero-order chi connectivity index (χ0) is 15.5. The fraction of sp³-hybridized carbons (Fsp3) is 0.688. The molecule has 22 heavy (non-hydrogen) atoms. The summed E-state index contributed by atoms with van der Waals surface area (Å²) in [5, 5.41) is 0. The maximum atomic E-state index is 12.6. The van der Waals surface area contributed by atoms with E-state index in [1.165, 1.54) is 0 Å². The monoisotopic (exact) mass is 305 g/mol. The zero-order valence-electron chi connectivity index (χ0n) is 13.2. The third-order valence-corrected chi connectivity index (χ3v) is 4.26. The largest absolute Gasteiger partial charge is 0.381 e. The summed E-state index contributed by atoms with van der Waals surface area (Å²) in [6, 6.07) is 1.94. The standard InChI is InChI=1S/C16H23N3O3/c1-11-9-14(18-12(2)17-11)15-10-19(5-8-22-15)16(20)13-3-6-21-7-4-13/h9,13,15H,3-8,10H2,1-2H3. The first kappa shape index (κ1) is 15.4. The number of aryl methyl sites for hydroxylation is 2. The van der Waals surface area contributed by atoms with E-state index in [-0.39, 0.29) is 17.9 Å². The Bertz CT molecular complexity index is 523. The normalized spacial score (nSPS) is 23.5. The Labute approximate surface area is 130 Å². The van der Waals surface area contributed by atoms with Crippen molar-refractivity contribution in [2.24, 2.45) is 5.92 Å². The van der Waals surface area contributed by atoms with Gasteiger partial charge in [0.2, 0.25) is 5.91 Å². The molecule has 3 rings (SSSR count). The molecule has 0 spiro atoms. The minimum absolute atomic E-state index is 0.0985. The lowest BCUT2D eigenvalue weighted by Gasteiger charge is -2.35. The van der Waals surface area contributed by atoms with Gasteiger partial charge in [-0.2, -0.15) is 0 Å². The van der Waals surface area contributed by atoms with Crippen LogP contribution in [0.1, 0.15) is 36.2 Å². The van der Waals surface area contributed by atoms with Crippen LogP contribution in [-0.4, -0.2) is 53.7 Å². The molecule has 0 aliphatic carbocycles. The Morgan fingerprint density at radius 1 is 1.23 bits per heavy atom. The number of carbonyl (C=O) groups is 1. The molecule has 1 atom stereocenters. The van der Waals surface area contributed by atoms with Crippen molar-refractivity contribution < 1.29 is 14.3 Å². The van der Waals surface area contributed by atoms with Gasteiger partial charge >= 0.3 is 0 Å². The lowest BCUT2D eigenvalue weighted by molar-refractivity contribution is -0.146. The van der Waals surface area contributed by atoms with E-state index in [9.17, 15) is 4.79 Å². The number of nitrogens with zero attached hydrogens (tertiary/aromatic N) is 3. The summed E-state index contributed by atoms with van der Waals surface area (Å²) in [5.41, 5.74) is 1.80. The van der Waals surface area contributed by atoms with Crippen LogP contribution >= 0.6 is 0 Å². The third kappa shape index (κ3) is 3.44. The minimum Gasteiger partial charge on any atom is -0.381 e. The SMILES string of the molecule is Cc1cc(C2CN(C(=O)C3CCOCC3)CCO2)nc(C)n1. The lowest BCUT2D eigenvalue weighted by Crippen LogP contribution is -2.46. The van der Waals surface area contributed by atoms with Gasteiger partial charge in [-0.1, -0.05) is 0 Å². The lowest BCUT2D eigenvalue weighted by atomic mass is 9.98. The van der Waals surface area contributed by atoms with Crippen molar-refractivity contribution in [3.8, 4) is 0 Å². The number of carbonyl (C=O) groups excluding carboxylic acids is 1. The zero-order valence-corrected chi connectivity index (χ0v) is 13.2. The Morgan fingerprint density at radius 2 is 2.00 bits per heavy atom. The highest BCUT2D eigenvalue weighted by atomic mass is 16.5. The molecular weight excluding hydrogens is 282 g/mol. The van der Waals surface area contributed by atoms with Gasteiger partial charge in [0.05, 0.1) is 18.8 Å². The Kier molecular flexibility index (Phi) is 4.69. The predicted octanol–water partition coefficient (Wildman–Crippen LogP) is 1.42. The Balaban J connectivity index is 1.69. The van der Waals surface area contributed by atoms with E-state index < -0.39 is 0 Å². The van der Waals surface area contributed by atoms with E-state index in [2.05, 4.69) is 9.97 Å². The van der Waals surface area contributed by atoms with Gasteiger partial charge < -0.3 is 14.4 Å². The molecule has 3 heterocycles. The first-order valence-corrected chi connectivity index (χ1v) is 7.94. The van der Waals surface area contributed by atoms with Crippen LogP contribution in [0, 0.1) is 19.8 Å². The molecule has 0 aromatic carbocycles. The first-order chi connectivity index (χ1) is 10.6. The number of hydrogen-bond donors (Lipinski definition) is 0. The van der Waals surface area contributed by atoms with Crippen LogP contribution in [0.3, 0.4) is 0 Å². The molecule has 0 radical (unpaired) electrons. The second kappa shape index (κ2) is 6.71. The molecule has 1 amide bonds. The molecule has 1 aromatic rings. The topological polar surface area (TPSA) is 64.6 Å². The van der Waals surface area contributed by atoms with E-state index in [0.29, 0.717) is 32.9 Å². The Hall–Kier alpha value is -1.53. The Morgan fingerprint density at radius 3 is 2.73 bits per heavy atom. The molecule has 6 heteroatoms. The maximum Gasteiger partial charge on any atom is 0.226 e. The summed E-state index contributed by atoms with van der Waals surface area (Å²) < 4.78 is 11.2. The molecular formula is C16H23N3O3. The summed E-state index contributed by atoms with van der Waals surface area (Å²) in [6.07, 6.45) is 1.50.